The number of aliphatic hydroxyl groups excluding tert-OH is 1. The summed E-state index contributed by atoms with van der Waals surface area (Å²) in [6.45, 7) is 1.03. The van der Waals surface area contributed by atoms with E-state index in [4.69, 9.17) is 10.4 Å². The molecule has 0 aliphatic carbocycles. The summed E-state index contributed by atoms with van der Waals surface area (Å²) in [6.07, 6.45) is -5.19. The van der Waals surface area contributed by atoms with Crippen molar-refractivity contribution in [2.45, 2.75) is 26.1 Å². The molecule has 0 atom stereocenters. The minimum atomic E-state index is -4.74. The van der Waals surface area contributed by atoms with E-state index in [2.05, 4.69) is 4.74 Å². The van der Waals surface area contributed by atoms with Gasteiger partial charge < -0.3 is 9.84 Å². The van der Waals surface area contributed by atoms with Crippen molar-refractivity contribution in [3.63, 3.8) is 0 Å². The van der Waals surface area contributed by atoms with Crippen LogP contribution in [0.25, 0.3) is 0 Å². The third-order valence-corrected chi connectivity index (χ3v) is 2.52. The van der Waals surface area contributed by atoms with E-state index in [-0.39, 0.29) is 17.7 Å². The number of aliphatic hydroxyl groups is 1. The zero-order chi connectivity index (χ0) is 15.3. The summed E-state index contributed by atoms with van der Waals surface area (Å²) >= 11 is 0. The molecule has 0 radical (unpaired) electrons. The van der Waals surface area contributed by atoms with Crippen LogP contribution in [0.15, 0.2) is 12.1 Å². The Bertz CT molecular complexity index is 547. The first-order valence-electron chi connectivity index (χ1n) is 5.73. The molecular formula is C13H12F3NO3. The highest BCUT2D eigenvalue weighted by Gasteiger charge is 2.35. The smallest absolute Gasteiger partial charge is 0.417 e. The number of alkyl halides is 3. The van der Waals surface area contributed by atoms with Gasteiger partial charge in [-0.1, -0.05) is 6.07 Å². The van der Waals surface area contributed by atoms with Crippen molar-refractivity contribution >= 4 is 5.97 Å². The summed E-state index contributed by atoms with van der Waals surface area (Å²) in [7, 11) is 0. The van der Waals surface area contributed by atoms with E-state index in [1.165, 1.54) is 12.1 Å². The molecule has 0 saturated carbocycles. The fourth-order valence-electron chi connectivity index (χ4n) is 1.72. The van der Waals surface area contributed by atoms with Gasteiger partial charge in [0.2, 0.25) is 0 Å². The number of benzene rings is 1. The van der Waals surface area contributed by atoms with Gasteiger partial charge in [0.25, 0.3) is 0 Å². The van der Waals surface area contributed by atoms with Gasteiger partial charge in [-0.2, -0.15) is 18.4 Å². The van der Waals surface area contributed by atoms with Gasteiger partial charge in [0.1, 0.15) is 6.07 Å². The number of nitriles is 1. The molecule has 0 amide bonds. The Hall–Kier alpha value is -2.07. The molecule has 108 valence electrons. The lowest BCUT2D eigenvalue weighted by atomic mass is 9.96. The highest BCUT2D eigenvalue weighted by Crippen LogP contribution is 2.34. The Morgan fingerprint density at radius 1 is 1.45 bits per heavy atom. The molecule has 0 unspecified atom stereocenters. The fourth-order valence-corrected chi connectivity index (χ4v) is 1.72. The second kappa shape index (κ2) is 6.39. The number of carbonyl (C=O) groups excluding carboxylic acids is 1. The van der Waals surface area contributed by atoms with Crippen LogP contribution in [0, 0.1) is 11.3 Å². The van der Waals surface area contributed by atoms with Crippen molar-refractivity contribution in [2.24, 2.45) is 0 Å². The van der Waals surface area contributed by atoms with Crippen molar-refractivity contribution in [3.05, 3.63) is 34.4 Å². The average molecular weight is 287 g/mol. The van der Waals surface area contributed by atoms with Crippen LogP contribution in [0.5, 0.6) is 0 Å². The van der Waals surface area contributed by atoms with Crippen LogP contribution in [0.4, 0.5) is 13.2 Å². The molecular weight excluding hydrogens is 275 g/mol. The Morgan fingerprint density at radius 2 is 2.10 bits per heavy atom. The highest BCUT2D eigenvalue weighted by atomic mass is 19.4. The van der Waals surface area contributed by atoms with Gasteiger partial charge in [-0.05, 0) is 24.1 Å². The van der Waals surface area contributed by atoms with Crippen LogP contribution in [0.1, 0.15) is 29.2 Å². The number of carbonyl (C=O) groups is 1. The molecule has 0 aliphatic heterocycles. The first kappa shape index (κ1) is 16.0. The molecule has 1 N–H and O–H groups in total. The Balaban J connectivity index is 3.35. The Morgan fingerprint density at radius 3 is 2.55 bits per heavy atom. The molecule has 0 aromatic heterocycles. The van der Waals surface area contributed by atoms with Crippen molar-refractivity contribution in [2.75, 3.05) is 6.61 Å². The molecule has 0 bridgehead atoms. The SMILES string of the molecule is CCOC(=O)Cc1cc(CO)cc(C(F)(F)F)c1C#N. The predicted molar refractivity (Wildman–Crippen MR) is 62.4 cm³/mol. The summed E-state index contributed by atoms with van der Waals surface area (Å²) in [5.74, 6) is -0.729. The van der Waals surface area contributed by atoms with Crippen LogP contribution in [0.3, 0.4) is 0 Å². The molecule has 1 aromatic rings. The Labute approximate surface area is 113 Å². The third-order valence-electron chi connectivity index (χ3n) is 2.52. The van der Waals surface area contributed by atoms with Gasteiger partial charge in [0, 0.05) is 0 Å². The zero-order valence-electron chi connectivity index (χ0n) is 10.6. The van der Waals surface area contributed by atoms with Crippen LogP contribution in [-0.2, 0) is 28.7 Å². The molecule has 0 aliphatic rings. The lowest BCUT2D eigenvalue weighted by molar-refractivity contribution is -0.142. The molecule has 1 aromatic carbocycles. The maximum Gasteiger partial charge on any atom is 0.417 e. The fraction of sp³-hybridized carbons (Fsp3) is 0.385. The van der Waals surface area contributed by atoms with E-state index in [0.29, 0.717) is 6.07 Å². The van der Waals surface area contributed by atoms with E-state index in [1.807, 2.05) is 0 Å². The second-order valence-corrected chi connectivity index (χ2v) is 3.93. The van der Waals surface area contributed by atoms with Crippen molar-refractivity contribution < 1.29 is 27.8 Å². The van der Waals surface area contributed by atoms with Crippen LogP contribution in [0.2, 0.25) is 0 Å². The van der Waals surface area contributed by atoms with Crippen LogP contribution < -0.4 is 0 Å². The number of rotatable bonds is 4. The Kier molecular flexibility index (Phi) is 5.11. The van der Waals surface area contributed by atoms with Gasteiger partial charge in [-0.15, -0.1) is 0 Å². The monoisotopic (exact) mass is 287 g/mol. The van der Waals surface area contributed by atoms with E-state index in [1.54, 1.807) is 6.92 Å². The lowest BCUT2D eigenvalue weighted by Crippen LogP contribution is -2.14. The number of hydrogen-bond acceptors (Lipinski definition) is 4. The summed E-state index contributed by atoms with van der Waals surface area (Å²) in [5.41, 5.74) is -1.91. The maximum atomic E-state index is 12.9. The van der Waals surface area contributed by atoms with Gasteiger partial charge in [-0.3, -0.25) is 4.79 Å². The van der Waals surface area contributed by atoms with Crippen molar-refractivity contribution in [1.29, 1.82) is 5.26 Å². The molecule has 20 heavy (non-hydrogen) atoms. The quantitative estimate of drug-likeness (QED) is 0.862. The molecule has 4 nitrogen and oxygen atoms in total. The third kappa shape index (κ3) is 3.71. The number of nitrogens with zero attached hydrogens (tertiary/aromatic N) is 1. The first-order valence-corrected chi connectivity index (χ1v) is 5.73. The van der Waals surface area contributed by atoms with E-state index in [9.17, 15) is 18.0 Å². The largest absolute Gasteiger partial charge is 0.466 e. The van der Waals surface area contributed by atoms with Gasteiger partial charge in [0.15, 0.2) is 0 Å². The second-order valence-electron chi connectivity index (χ2n) is 3.93. The predicted octanol–water partition coefficient (Wildman–Crippen LogP) is 2.17. The minimum Gasteiger partial charge on any atom is -0.466 e. The number of halogens is 3. The first-order chi connectivity index (χ1) is 9.33. The molecule has 7 heteroatoms. The van der Waals surface area contributed by atoms with Crippen LogP contribution in [-0.4, -0.2) is 17.7 Å². The van der Waals surface area contributed by atoms with E-state index < -0.39 is 36.3 Å². The molecule has 0 heterocycles. The zero-order valence-corrected chi connectivity index (χ0v) is 10.6. The molecule has 0 spiro atoms. The van der Waals surface area contributed by atoms with Gasteiger partial charge in [-0.25, -0.2) is 0 Å². The summed E-state index contributed by atoms with van der Waals surface area (Å²) in [6, 6.07) is 3.36. The molecule has 0 saturated heterocycles. The minimum absolute atomic E-state index is 0.0179. The van der Waals surface area contributed by atoms with Gasteiger partial charge in [0.05, 0.1) is 30.8 Å². The van der Waals surface area contributed by atoms with Crippen molar-refractivity contribution in [3.8, 4) is 6.07 Å². The number of hydrogen-bond donors (Lipinski definition) is 1. The van der Waals surface area contributed by atoms with Crippen LogP contribution >= 0.6 is 0 Å². The van der Waals surface area contributed by atoms with E-state index >= 15 is 0 Å². The summed E-state index contributed by atoms with van der Waals surface area (Å²) in [5, 5.41) is 17.9. The molecule has 0 fully saturated rings. The molecule has 1 rings (SSSR count). The van der Waals surface area contributed by atoms with Gasteiger partial charge >= 0.3 is 12.1 Å². The summed E-state index contributed by atoms with van der Waals surface area (Å²) < 4.78 is 43.3. The number of esters is 1. The van der Waals surface area contributed by atoms with Crippen molar-refractivity contribution in [1.82, 2.24) is 0 Å². The number of ether oxygens (including phenoxy) is 1. The standard InChI is InChI=1S/C13H12F3NO3/c1-2-20-12(19)5-9-3-8(7-18)4-11(10(9)6-17)13(14,15)16/h3-4,18H,2,5,7H2,1H3. The topological polar surface area (TPSA) is 70.3 Å². The lowest BCUT2D eigenvalue weighted by Gasteiger charge is -2.14. The maximum absolute atomic E-state index is 12.9. The average Bonchev–Trinajstić information content (AvgIpc) is 2.36. The highest BCUT2D eigenvalue weighted by molar-refractivity contribution is 5.74. The summed E-state index contributed by atoms with van der Waals surface area (Å²) in [4.78, 5) is 11.4. The normalized spacial score (nSPS) is 11.0. The van der Waals surface area contributed by atoms with E-state index in [0.717, 1.165) is 0 Å².